The number of hydrogen-bond acceptors (Lipinski definition) is 2. The van der Waals surface area contributed by atoms with Crippen LogP contribution in [0, 0.1) is 5.92 Å². The van der Waals surface area contributed by atoms with Gasteiger partial charge < -0.3 is 9.64 Å². The molecule has 102 valence electrons. The summed E-state index contributed by atoms with van der Waals surface area (Å²) in [6.07, 6.45) is 4.13. The minimum atomic E-state index is 0.192. The second-order valence-corrected chi connectivity index (χ2v) is 5.84. The van der Waals surface area contributed by atoms with Crippen LogP contribution in [-0.2, 0) is 9.53 Å². The molecule has 0 aromatic rings. The summed E-state index contributed by atoms with van der Waals surface area (Å²) in [5, 5.41) is 0. The second-order valence-electron chi connectivity index (χ2n) is 4.55. The van der Waals surface area contributed by atoms with Crippen LogP contribution in [-0.4, -0.2) is 42.9 Å². The third-order valence-electron chi connectivity index (χ3n) is 2.82. The fourth-order valence-corrected chi connectivity index (χ4v) is 2.72. The predicted octanol–water partition coefficient (Wildman–Crippen LogP) is 3.07. The Hall–Kier alpha value is -0.0900. The van der Waals surface area contributed by atoms with E-state index in [1.54, 1.807) is 7.11 Å². The van der Waals surface area contributed by atoms with Gasteiger partial charge in [-0.15, -0.1) is 0 Å². The number of ether oxygens (including phenoxy) is 1. The van der Waals surface area contributed by atoms with Crippen molar-refractivity contribution in [3.63, 3.8) is 0 Å². The van der Waals surface area contributed by atoms with E-state index in [4.69, 9.17) is 4.74 Å². The Balaban J connectivity index is 4.23. The summed E-state index contributed by atoms with van der Waals surface area (Å²) >= 11 is 3.52. The number of hydrogen-bond donors (Lipinski definition) is 0. The van der Waals surface area contributed by atoms with E-state index in [-0.39, 0.29) is 16.7 Å². The smallest absolute Gasteiger partial charge is 0.225 e. The number of nitrogens with zero attached hydrogens (tertiary/aromatic N) is 1. The van der Waals surface area contributed by atoms with Crippen molar-refractivity contribution in [1.29, 1.82) is 0 Å². The highest BCUT2D eigenvalue weighted by Gasteiger charge is 2.21. The van der Waals surface area contributed by atoms with E-state index in [2.05, 4.69) is 29.8 Å². The molecular weight excluding hydrogens is 282 g/mol. The van der Waals surface area contributed by atoms with Crippen LogP contribution < -0.4 is 0 Å². The highest BCUT2D eigenvalue weighted by molar-refractivity contribution is 9.09. The lowest BCUT2D eigenvalue weighted by atomic mass is 9.97. The highest BCUT2D eigenvalue weighted by atomic mass is 79.9. The average molecular weight is 308 g/mol. The Morgan fingerprint density at radius 2 is 1.82 bits per heavy atom. The van der Waals surface area contributed by atoms with Crippen LogP contribution >= 0.6 is 15.9 Å². The van der Waals surface area contributed by atoms with Crippen molar-refractivity contribution < 1.29 is 9.53 Å². The third kappa shape index (κ3) is 7.04. The van der Waals surface area contributed by atoms with E-state index in [9.17, 15) is 4.79 Å². The Bertz CT molecular complexity index is 206. The molecule has 17 heavy (non-hydrogen) atoms. The van der Waals surface area contributed by atoms with Gasteiger partial charge in [-0.05, 0) is 12.8 Å². The molecule has 0 aromatic carbocycles. The maximum absolute atomic E-state index is 12.2. The predicted molar refractivity (Wildman–Crippen MR) is 75.5 cm³/mol. The molecule has 0 spiro atoms. The maximum atomic E-state index is 12.2. The number of amides is 1. The molecular formula is C13H26BrNO2. The Kier molecular flexibility index (Phi) is 9.84. The average Bonchev–Trinajstić information content (AvgIpc) is 2.28. The number of alkyl halides is 1. The van der Waals surface area contributed by atoms with E-state index in [1.165, 1.54) is 0 Å². The van der Waals surface area contributed by atoms with E-state index in [0.29, 0.717) is 13.2 Å². The quantitative estimate of drug-likeness (QED) is 0.613. The molecule has 3 nitrogen and oxygen atoms in total. The van der Waals surface area contributed by atoms with E-state index in [0.717, 1.165) is 25.7 Å². The minimum absolute atomic E-state index is 0.192. The summed E-state index contributed by atoms with van der Waals surface area (Å²) in [7, 11) is 3.55. The molecule has 1 unspecified atom stereocenters. The van der Waals surface area contributed by atoms with Gasteiger partial charge in [-0.2, -0.15) is 0 Å². The van der Waals surface area contributed by atoms with Crippen molar-refractivity contribution in [2.45, 2.75) is 44.4 Å². The summed E-state index contributed by atoms with van der Waals surface area (Å²) in [5.41, 5.74) is 0. The summed E-state index contributed by atoms with van der Waals surface area (Å²) < 4.78 is 5.05. The molecule has 0 N–H and O–H groups in total. The topological polar surface area (TPSA) is 29.5 Å². The van der Waals surface area contributed by atoms with Crippen molar-refractivity contribution in [3.05, 3.63) is 0 Å². The fraction of sp³-hybridized carbons (Fsp3) is 0.923. The van der Waals surface area contributed by atoms with Crippen LogP contribution in [0.15, 0.2) is 0 Å². The Morgan fingerprint density at radius 1 is 1.29 bits per heavy atom. The lowest BCUT2D eigenvalue weighted by Gasteiger charge is -2.25. The molecule has 0 radical (unpaired) electrons. The molecule has 4 heteroatoms. The molecule has 0 aromatic heterocycles. The third-order valence-corrected chi connectivity index (χ3v) is 3.37. The van der Waals surface area contributed by atoms with Crippen molar-refractivity contribution in [2.24, 2.45) is 5.92 Å². The van der Waals surface area contributed by atoms with Crippen LogP contribution in [0.4, 0.5) is 0 Å². The summed E-state index contributed by atoms with van der Waals surface area (Å²) in [5.74, 6) is 0.464. The van der Waals surface area contributed by atoms with Crippen LogP contribution in [0.1, 0.15) is 39.5 Å². The first-order valence-corrected chi connectivity index (χ1v) is 7.36. The molecule has 1 atom stereocenters. The van der Waals surface area contributed by atoms with Gasteiger partial charge in [0.2, 0.25) is 5.91 Å². The van der Waals surface area contributed by atoms with Crippen LogP contribution in [0.3, 0.4) is 0 Å². The minimum Gasteiger partial charge on any atom is -0.383 e. The SMILES string of the molecule is CCCC(CCC)C(=O)N(C)CC(Br)COC. The summed E-state index contributed by atoms with van der Waals surface area (Å²) in [6, 6.07) is 0. The van der Waals surface area contributed by atoms with E-state index in [1.807, 2.05) is 11.9 Å². The van der Waals surface area contributed by atoms with Crippen LogP contribution in [0.5, 0.6) is 0 Å². The van der Waals surface area contributed by atoms with Gasteiger partial charge in [0.15, 0.2) is 0 Å². The van der Waals surface area contributed by atoms with Gasteiger partial charge in [-0.3, -0.25) is 4.79 Å². The van der Waals surface area contributed by atoms with Crippen LogP contribution in [0.2, 0.25) is 0 Å². The van der Waals surface area contributed by atoms with Gasteiger partial charge in [0.05, 0.1) is 11.4 Å². The van der Waals surface area contributed by atoms with Gasteiger partial charge in [-0.25, -0.2) is 0 Å². The molecule has 0 aliphatic heterocycles. The lowest BCUT2D eigenvalue weighted by molar-refractivity contribution is -0.134. The lowest BCUT2D eigenvalue weighted by Crippen LogP contribution is -2.37. The van der Waals surface area contributed by atoms with E-state index < -0.39 is 0 Å². The van der Waals surface area contributed by atoms with Crippen molar-refractivity contribution in [3.8, 4) is 0 Å². The number of carbonyl (C=O) groups excluding carboxylic acids is 1. The van der Waals surface area contributed by atoms with Crippen molar-refractivity contribution in [2.75, 3.05) is 27.3 Å². The molecule has 0 fully saturated rings. The molecule has 1 amide bonds. The molecule has 0 bridgehead atoms. The summed E-state index contributed by atoms with van der Waals surface area (Å²) in [4.78, 5) is 14.3. The van der Waals surface area contributed by atoms with Gasteiger partial charge in [0.1, 0.15) is 0 Å². The zero-order chi connectivity index (χ0) is 13.3. The van der Waals surface area contributed by atoms with E-state index >= 15 is 0 Å². The first kappa shape index (κ1) is 16.9. The zero-order valence-corrected chi connectivity index (χ0v) is 13.1. The standard InChI is InChI=1S/C13H26BrNO2/c1-5-7-11(8-6-2)13(16)15(3)9-12(14)10-17-4/h11-12H,5-10H2,1-4H3. The Labute approximate surface area is 114 Å². The number of methoxy groups -OCH3 is 1. The molecule has 0 aliphatic rings. The molecule has 0 heterocycles. The molecule has 0 aliphatic carbocycles. The first-order chi connectivity index (χ1) is 8.06. The zero-order valence-electron chi connectivity index (χ0n) is 11.5. The largest absolute Gasteiger partial charge is 0.383 e. The Morgan fingerprint density at radius 3 is 2.24 bits per heavy atom. The fourth-order valence-electron chi connectivity index (χ4n) is 2.02. The molecule has 0 saturated carbocycles. The van der Waals surface area contributed by atoms with Crippen LogP contribution in [0.25, 0.3) is 0 Å². The monoisotopic (exact) mass is 307 g/mol. The van der Waals surface area contributed by atoms with Crippen molar-refractivity contribution >= 4 is 21.8 Å². The summed E-state index contributed by atoms with van der Waals surface area (Å²) in [6.45, 7) is 5.60. The highest BCUT2D eigenvalue weighted by Crippen LogP contribution is 2.17. The number of rotatable bonds is 9. The maximum Gasteiger partial charge on any atom is 0.225 e. The number of halogens is 1. The van der Waals surface area contributed by atoms with Gasteiger partial charge >= 0.3 is 0 Å². The first-order valence-electron chi connectivity index (χ1n) is 6.44. The van der Waals surface area contributed by atoms with Gasteiger partial charge in [-0.1, -0.05) is 42.6 Å². The van der Waals surface area contributed by atoms with Crippen molar-refractivity contribution in [1.82, 2.24) is 4.90 Å². The number of carbonyl (C=O) groups is 1. The van der Waals surface area contributed by atoms with Gasteiger partial charge in [0.25, 0.3) is 0 Å². The normalized spacial score (nSPS) is 12.8. The van der Waals surface area contributed by atoms with Gasteiger partial charge in [0, 0.05) is 26.6 Å². The molecule has 0 saturated heterocycles. The second kappa shape index (κ2) is 9.89. The molecule has 0 rings (SSSR count).